The third-order valence-electron chi connectivity index (χ3n) is 0.778. The van der Waals surface area contributed by atoms with Crippen LogP contribution >= 0.6 is 7.82 Å². The van der Waals surface area contributed by atoms with Crippen LogP contribution in [0.4, 0.5) is 0 Å². The van der Waals surface area contributed by atoms with Gasteiger partial charge in [-0.05, 0) is 41.5 Å². The van der Waals surface area contributed by atoms with Crippen LogP contribution in [-0.2, 0) is 13.6 Å². The molecule has 6 heteroatoms. The predicted molar refractivity (Wildman–Crippen MR) is 60.0 cm³/mol. The quantitative estimate of drug-likeness (QED) is 0.610. The van der Waals surface area contributed by atoms with E-state index in [4.69, 9.17) is 9.05 Å². The van der Waals surface area contributed by atoms with Crippen molar-refractivity contribution < 1.29 is 18.5 Å². The van der Waals surface area contributed by atoms with E-state index in [1.54, 1.807) is 41.5 Å². The van der Waals surface area contributed by atoms with Gasteiger partial charge in [0.25, 0.3) is 0 Å². The molecule has 0 heterocycles. The fourth-order valence-electron chi connectivity index (χ4n) is 0.711. The summed E-state index contributed by atoms with van der Waals surface area (Å²) in [5.41, 5.74) is -1.37. The summed E-state index contributed by atoms with van der Waals surface area (Å²) in [5.74, 6) is 0. The van der Waals surface area contributed by atoms with Gasteiger partial charge >= 0.3 is 56.7 Å². The van der Waals surface area contributed by atoms with Gasteiger partial charge in [-0.25, -0.2) is 4.57 Å². The van der Waals surface area contributed by atoms with Gasteiger partial charge in [-0.2, -0.15) is 0 Å². The Labute approximate surface area is 126 Å². The van der Waals surface area contributed by atoms with Crippen molar-refractivity contribution in [3.05, 3.63) is 0 Å². The van der Waals surface area contributed by atoms with Crippen LogP contribution in [0.15, 0.2) is 0 Å². The monoisotopic (exact) mass is 350 g/mol. The van der Waals surface area contributed by atoms with Crippen LogP contribution in [0.1, 0.15) is 41.5 Å². The summed E-state index contributed by atoms with van der Waals surface area (Å²) < 4.78 is 21.1. The fourth-order valence-corrected chi connectivity index (χ4v) is 2.13. The van der Waals surface area contributed by atoms with Gasteiger partial charge in [0.1, 0.15) is 0 Å². The second-order valence-electron chi connectivity index (χ2n) is 4.88. The molecule has 1 N–H and O–H groups in total. The molecule has 0 aromatic carbocycles. The van der Waals surface area contributed by atoms with E-state index in [9.17, 15) is 9.46 Å². The molecule has 4 nitrogen and oxygen atoms in total. The van der Waals surface area contributed by atoms with E-state index >= 15 is 0 Å². The maximum absolute atomic E-state index is 11.4. The third-order valence-corrected chi connectivity index (χ3v) is 2.34. The summed E-state index contributed by atoms with van der Waals surface area (Å²) in [7, 11) is -3.94. The zero-order valence-corrected chi connectivity index (χ0v) is 10.0. The number of hydrogen-bond acceptors (Lipinski definition) is 3. The van der Waals surface area contributed by atoms with Crippen molar-refractivity contribution in [3.8, 4) is 0 Å². The normalized spacial score (nSPS) is 13.6. The summed E-state index contributed by atoms with van der Waals surface area (Å²) in [6.45, 7) is 10.2. The first-order chi connectivity index (χ1) is 5.41. The molecule has 0 aliphatic heterocycles. The van der Waals surface area contributed by atoms with E-state index in [1.807, 2.05) is 0 Å². The minimum atomic E-state index is -3.94. The van der Waals surface area contributed by atoms with Crippen molar-refractivity contribution >= 4 is 56.7 Å². The molecular weight excluding hydrogens is 328 g/mol. The van der Waals surface area contributed by atoms with E-state index < -0.39 is 19.0 Å². The molecule has 0 spiro atoms. The Morgan fingerprint density at radius 1 is 0.929 bits per heavy atom. The molecule has 0 amide bonds. The van der Waals surface area contributed by atoms with Gasteiger partial charge in [-0.1, -0.05) is 0 Å². The van der Waals surface area contributed by atoms with E-state index in [-0.39, 0.29) is 48.9 Å². The number of rotatable bonds is 2. The summed E-state index contributed by atoms with van der Waals surface area (Å²) in [5, 5.41) is 0. The zero-order valence-electron chi connectivity index (χ0n) is 9.12. The Hall–Kier alpha value is 1.68. The van der Waals surface area contributed by atoms with Crippen molar-refractivity contribution in [1.82, 2.24) is 0 Å². The molecule has 0 aliphatic rings. The molecule has 0 saturated heterocycles. The van der Waals surface area contributed by atoms with E-state index in [1.165, 1.54) is 0 Å². The topological polar surface area (TPSA) is 55.8 Å². The van der Waals surface area contributed by atoms with Crippen molar-refractivity contribution in [1.29, 1.82) is 0 Å². The second kappa shape index (κ2) is 5.85. The standard InChI is InChI=1S/C8H19O4P.Ba.2H/c1-7(2,3)11-13(9,10)12-8(4,5)6;;;/h1-6H3,(H,9,10);;;. The predicted octanol–water partition coefficient (Wildman–Crippen LogP) is 1.80. The molecule has 0 fully saturated rings. The van der Waals surface area contributed by atoms with Crippen LogP contribution in [0.3, 0.4) is 0 Å². The molecule has 0 unspecified atom stereocenters. The molecule has 0 saturated carbocycles. The van der Waals surface area contributed by atoms with Gasteiger partial charge < -0.3 is 4.89 Å². The average Bonchev–Trinajstić information content (AvgIpc) is 1.43. The van der Waals surface area contributed by atoms with Gasteiger partial charge in [0, 0.05) is 0 Å². The first-order valence-corrected chi connectivity index (χ1v) is 5.65. The first kappa shape index (κ1) is 18.1. The molecular formula is C8H21BaO4P. The molecule has 0 rings (SSSR count). The van der Waals surface area contributed by atoms with Crippen LogP contribution in [0.5, 0.6) is 0 Å². The van der Waals surface area contributed by atoms with Crippen LogP contribution in [0.25, 0.3) is 0 Å². The molecule has 0 aromatic rings. The summed E-state index contributed by atoms with van der Waals surface area (Å²) in [4.78, 5) is 9.30. The average molecular weight is 350 g/mol. The van der Waals surface area contributed by atoms with E-state index in [2.05, 4.69) is 0 Å². The Balaban J connectivity index is 0. The Morgan fingerprint density at radius 2 is 1.14 bits per heavy atom. The minimum absolute atomic E-state index is 0. The Morgan fingerprint density at radius 3 is 1.29 bits per heavy atom. The van der Waals surface area contributed by atoms with Crippen molar-refractivity contribution in [3.63, 3.8) is 0 Å². The van der Waals surface area contributed by atoms with Crippen molar-refractivity contribution in [2.75, 3.05) is 0 Å². The van der Waals surface area contributed by atoms with Crippen molar-refractivity contribution in [2.45, 2.75) is 52.7 Å². The number of hydrogen-bond donors (Lipinski definition) is 1. The molecule has 0 aliphatic carbocycles. The SMILES string of the molecule is CC(C)(C)OP(=O)(O)OC(C)(C)C.[BaH2]. The van der Waals surface area contributed by atoms with Gasteiger partial charge in [-0.3, -0.25) is 9.05 Å². The van der Waals surface area contributed by atoms with Crippen LogP contribution in [0.2, 0.25) is 0 Å². The van der Waals surface area contributed by atoms with E-state index in [0.717, 1.165) is 0 Å². The van der Waals surface area contributed by atoms with Gasteiger partial charge in [0.05, 0.1) is 11.2 Å². The number of phosphoric acid groups is 1. The van der Waals surface area contributed by atoms with Crippen LogP contribution < -0.4 is 0 Å². The summed E-state index contributed by atoms with van der Waals surface area (Å²) in [6.07, 6.45) is 0. The van der Waals surface area contributed by atoms with Gasteiger partial charge in [0.15, 0.2) is 0 Å². The second-order valence-corrected chi connectivity index (χ2v) is 6.18. The Kier molecular flexibility index (Phi) is 7.54. The maximum atomic E-state index is 11.4. The number of phosphoric ester groups is 1. The molecule has 0 bridgehead atoms. The zero-order chi connectivity index (χ0) is 10.9. The summed E-state index contributed by atoms with van der Waals surface area (Å²) >= 11 is 0. The van der Waals surface area contributed by atoms with Crippen LogP contribution in [-0.4, -0.2) is 65.0 Å². The van der Waals surface area contributed by atoms with E-state index in [0.29, 0.717) is 0 Å². The first-order valence-electron chi connectivity index (χ1n) is 4.16. The van der Waals surface area contributed by atoms with Gasteiger partial charge in [-0.15, -0.1) is 0 Å². The van der Waals surface area contributed by atoms with Crippen molar-refractivity contribution in [2.24, 2.45) is 0 Å². The molecule has 0 atom stereocenters. The fraction of sp³-hybridized carbons (Fsp3) is 1.00. The van der Waals surface area contributed by atoms with Crippen LogP contribution in [0, 0.1) is 0 Å². The summed E-state index contributed by atoms with van der Waals surface area (Å²) in [6, 6.07) is 0. The molecule has 0 radical (unpaired) electrons. The molecule has 84 valence electrons. The third kappa shape index (κ3) is 11.8. The molecule has 14 heavy (non-hydrogen) atoms. The van der Waals surface area contributed by atoms with Gasteiger partial charge in [0.2, 0.25) is 0 Å². The molecule has 0 aromatic heterocycles. The Bertz CT molecular complexity index is 196.